The number of amides is 5. The predicted molar refractivity (Wildman–Crippen MR) is 486 cm³/mol. The fourth-order valence-electron chi connectivity index (χ4n) is 12.7. The second kappa shape index (κ2) is 43.1. The highest BCUT2D eigenvalue weighted by molar-refractivity contribution is 6.31. The van der Waals surface area contributed by atoms with E-state index in [0.29, 0.717) is 55.5 Å². The number of H-pyrrole nitrogens is 1. The molecule has 0 radical (unpaired) electrons. The molecule has 0 unspecified atom stereocenters. The van der Waals surface area contributed by atoms with Crippen molar-refractivity contribution in [3.05, 3.63) is 361 Å². The molecule has 0 saturated carbocycles. The molecule has 16 rings (SSSR count). The topological polar surface area (TPSA) is 372 Å². The van der Waals surface area contributed by atoms with Gasteiger partial charge in [0.2, 0.25) is 11.9 Å². The van der Waals surface area contributed by atoms with Gasteiger partial charge in [-0.25, -0.2) is 39.9 Å². The average molecular weight is 1850 g/mol. The largest absolute Gasteiger partial charge is 0.416 e. The number of carbonyl (C=O) groups excluding carboxylic acids is 5. The SMILES string of the molecule is CN1CCN(Cc2ccc(NC(=O)c3cccc(C#Cc4cncc5[nH]cnc45)c3)cc2Cl)CC1.Cc1ccc(C(=O)Nc2cc(-n3ccnc3)cc(C(F)(F)F)c2)cc1C#Cc1cnnc(N)n1.Cc1ccc(C(=O)Nc2cc(C(F)(F)F)ccn2)cc1C#Cc1cnc(CC(N)=O)nc1.Cc1cn(-c2cc(C(F)(F)F)cc(NC(=O)c3ccc(C)c(C#Cc4cccnc4)c3)n2)cn1. The number of nitrogens with two attached hydrogens (primary N) is 2. The van der Waals surface area contributed by atoms with Gasteiger partial charge in [0.25, 0.3) is 23.6 Å². The fourth-order valence-corrected chi connectivity index (χ4v) is 12.9. The van der Waals surface area contributed by atoms with Gasteiger partial charge < -0.3 is 47.2 Å². The number of likely N-dealkylation sites (N-methyl/N-ethyl adjacent to an activating group) is 1. The molecule has 1 aliphatic heterocycles. The van der Waals surface area contributed by atoms with Gasteiger partial charge in [0.05, 0.1) is 70.5 Å². The number of carbonyl (C=O) groups is 5. The van der Waals surface area contributed by atoms with Crippen LogP contribution >= 0.6 is 11.6 Å². The molecule has 5 amide bonds. The first-order valence-electron chi connectivity index (χ1n) is 40.5. The zero-order valence-corrected chi connectivity index (χ0v) is 72.6. The zero-order valence-electron chi connectivity index (χ0n) is 71.9. The Morgan fingerprint density at radius 1 is 0.489 bits per heavy atom. The number of hydrogen-bond donors (Lipinski definition) is 7. The molecule has 9 aromatic heterocycles. The van der Waals surface area contributed by atoms with Crippen LogP contribution in [0.25, 0.3) is 22.5 Å². The number of anilines is 5. The van der Waals surface area contributed by atoms with Crippen LogP contribution in [0, 0.1) is 75.1 Å². The molecule has 9 N–H and O–H groups in total. The lowest BCUT2D eigenvalue weighted by atomic mass is 10.0. The number of rotatable bonds is 14. The molecular formula is C97H75ClF9N23O5. The number of pyridine rings is 4. The number of piperazine rings is 1. The first-order valence-corrected chi connectivity index (χ1v) is 40.9. The van der Waals surface area contributed by atoms with Gasteiger partial charge in [-0.05, 0) is 184 Å². The third-order valence-electron chi connectivity index (χ3n) is 19.9. The number of alkyl halides is 9. The maximum atomic E-state index is 13.5. The van der Waals surface area contributed by atoms with E-state index in [1.165, 1.54) is 71.0 Å². The summed E-state index contributed by atoms with van der Waals surface area (Å²) in [5, 5.41) is 18.2. The van der Waals surface area contributed by atoms with Crippen LogP contribution in [0.2, 0.25) is 5.02 Å². The quantitative estimate of drug-likeness (QED) is 0.0393. The van der Waals surface area contributed by atoms with Crippen LogP contribution < -0.4 is 32.7 Å². The van der Waals surface area contributed by atoms with E-state index in [4.69, 9.17) is 23.1 Å². The van der Waals surface area contributed by atoms with E-state index in [1.54, 1.807) is 112 Å². The molecule has 1 saturated heterocycles. The van der Waals surface area contributed by atoms with Crippen molar-refractivity contribution in [3.63, 3.8) is 0 Å². The van der Waals surface area contributed by atoms with Crippen molar-refractivity contribution in [3.8, 4) is 58.9 Å². The minimum Gasteiger partial charge on any atom is -0.369 e. The number of imidazole rings is 3. The summed E-state index contributed by atoms with van der Waals surface area (Å²) >= 11 is 6.55. The molecule has 0 spiro atoms. The summed E-state index contributed by atoms with van der Waals surface area (Å²) in [4.78, 5) is 110. The van der Waals surface area contributed by atoms with E-state index >= 15 is 0 Å². The van der Waals surface area contributed by atoms with E-state index in [9.17, 15) is 63.5 Å². The number of hydrogen-bond acceptors (Lipinski definition) is 20. The van der Waals surface area contributed by atoms with Gasteiger partial charge >= 0.3 is 18.5 Å². The highest BCUT2D eigenvalue weighted by atomic mass is 35.5. The van der Waals surface area contributed by atoms with Crippen LogP contribution in [0.3, 0.4) is 0 Å². The number of aromatic amines is 1. The van der Waals surface area contributed by atoms with E-state index in [-0.39, 0.29) is 69.6 Å². The van der Waals surface area contributed by atoms with E-state index in [1.807, 2.05) is 50.2 Å². The number of aryl methyl sites for hydroxylation is 4. The molecule has 0 atom stereocenters. The lowest BCUT2D eigenvalue weighted by molar-refractivity contribution is -0.138. The highest BCUT2D eigenvalue weighted by Crippen LogP contribution is 2.36. The molecule has 28 nitrogen and oxygen atoms in total. The third kappa shape index (κ3) is 27.0. The first kappa shape index (κ1) is 95.5. The summed E-state index contributed by atoms with van der Waals surface area (Å²) in [6.45, 7) is 12.1. The number of nitrogen functional groups attached to an aromatic ring is 1. The molecule has 10 heterocycles. The Kier molecular flexibility index (Phi) is 30.5. The monoisotopic (exact) mass is 1850 g/mol. The number of fused-ring (bicyclic) bond motifs is 1. The Morgan fingerprint density at radius 2 is 1.09 bits per heavy atom. The molecular weight excluding hydrogens is 1770 g/mol. The van der Waals surface area contributed by atoms with Gasteiger partial charge in [-0.3, -0.25) is 43.4 Å². The summed E-state index contributed by atoms with van der Waals surface area (Å²) in [5.41, 5.74) is 20.2. The van der Waals surface area contributed by atoms with Gasteiger partial charge in [-0.1, -0.05) is 83.4 Å². The van der Waals surface area contributed by atoms with Crippen molar-refractivity contribution in [2.45, 2.75) is 59.2 Å². The van der Waals surface area contributed by atoms with Gasteiger partial charge in [-0.2, -0.15) is 44.6 Å². The number of nitrogens with one attached hydrogen (secondary N) is 5. The second-order valence-corrected chi connectivity index (χ2v) is 30.4. The fraction of sp³-hybridized carbons (Fsp3) is 0.144. The van der Waals surface area contributed by atoms with E-state index in [2.05, 4.69) is 150 Å². The van der Waals surface area contributed by atoms with Crippen molar-refractivity contribution in [2.75, 3.05) is 60.2 Å². The minimum absolute atomic E-state index is 0.0146. The van der Waals surface area contributed by atoms with Crippen LogP contribution in [0.1, 0.15) is 137 Å². The molecule has 6 aromatic carbocycles. The maximum Gasteiger partial charge on any atom is 0.416 e. The highest BCUT2D eigenvalue weighted by Gasteiger charge is 2.34. The smallest absolute Gasteiger partial charge is 0.369 e. The van der Waals surface area contributed by atoms with Gasteiger partial charge in [0.1, 0.15) is 40.8 Å². The molecule has 1 aliphatic rings. The van der Waals surface area contributed by atoms with Crippen LogP contribution in [-0.2, 0) is 36.3 Å². The number of aromatic nitrogens is 15. The van der Waals surface area contributed by atoms with Crippen molar-refractivity contribution in [2.24, 2.45) is 5.73 Å². The molecule has 135 heavy (non-hydrogen) atoms. The number of halogens is 10. The molecule has 0 bridgehead atoms. The normalized spacial score (nSPS) is 11.8. The van der Waals surface area contributed by atoms with Gasteiger partial charge in [-0.15, -0.1) is 5.10 Å². The van der Waals surface area contributed by atoms with Gasteiger partial charge in [0, 0.05) is 161 Å². The molecule has 678 valence electrons. The standard InChI is InChI=1S/C27H25ClN6O.C25H18F3N5O.C23H16F3N7O.C22H16F3N5O2/c1-33-9-11-34(12-10-33)17-22-7-8-23(14-24(22)28)32-27(35)20-4-2-3-19(13-20)5-6-21-15-29-16-25-26(21)31-18-30-25;1-16-5-7-20(10-19(16)8-6-18-4-3-9-29-13-18)24(34)32-22-11-21(25(26,27)28)12-23(31-22)33-14-17(2)30-15-33;1-14-2-3-16(8-15(14)4-5-18-12-29-32-22(27)31-18)21(34)30-19-9-17(23(24,25)26)10-20(11-19)33-7-6-28-13-33;1-13-2-4-16(21(32)30-20-9-17(6-7-27-20)22(23,24)25)8-15(13)5-3-14-11-28-19(29-12-14)10-18(26)31/h2-4,7-8,13-16,18H,9-12,17H2,1H3,(H,30,31)(H,32,35);3-5,7,9-15H,1-2H3,(H,31,32,34);2-3,6-13H,1H3,(H,30,34)(H2,27,31,32);2,4,6-9,11-12H,10H2,1H3,(H2,26,31)(H,27,30,32). The number of nitrogens with zero attached hydrogens (tertiary/aromatic N) is 16. The van der Waals surface area contributed by atoms with Crippen LogP contribution in [0.5, 0.6) is 0 Å². The zero-order chi connectivity index (χ0) is 96.1. The van der Waals surface area contributed by atoms with Crippen molar-refractivity contribution in [1.82, 2.24) is 84.0 Å². The average Bonchev–Trinajstić information content (AvgIpc) is 1.73. The molecule has 0 aliphatic carbocycles. The Hall–Kier alpha value is -17.1. The Morgan fingerprint density at radius 3 is 1.70 bits per heavy atom. The van der Waals surface area contributed by atoms with Crippen molar-refractivity contribution >= 4 is 81.1 Å². The first-order chi connectivity index (χ1) is 64.5. The summed E-state index contributed by atoms with van der Waals surface area (Å²) in [6.07, 6.45) is 6.88. The van der Waals surface area contributed by atoms with E-state index in [0.717, 1.165) is 120 Å². The van der Waals surface area contributed by atoms with Gasteiger partial charge in [0.15, 0.2) is 0 Å². The third-order valence-corrected chi connectivity index (χ3v) is 20.2. The summed E-state index contributed by atoms with van der Waals surface area (Å²) in [6, 6.07) is 37.4. The van der Waals surface area contributed by atoms with E-state index < -0.39 is 58.8 Å². The maximum absolute atomic E-state index is 13.5. The Balaban J connectivity index is 0.000000153. The summed E-state index contributed by atoms with van der Waals surface area (Å²) < 4.78 is 122. The Bertz CT molecular complexity index is 7200. The lowest BCUT2D eigenvalue weighted by Gasteiger charge is -2.32. The van der Waals surface area contributed by atoms with Crippen molar-refractivity contribution < 1.29 is 63.5 Å². The Labute approximate surface area is 769 Å². The molecule has 38 heteroatoms. The molecule has 1 fully saturated rings. The van der Waals surface area contributed by atoms with Crippen LogP contribution in [0.4, 0.5) is 68.5 Å². The molecule has 15 aromatic rings. The van der Waals surface area contributed by atoms with Crippen LogP contribution in [-0.4, -0.2) is 147 Å². The number of benzene rings is 6. The predicted octanol–water partition coefficient (Wildman–Crippen LogP) is 15.5. The lowest BCUT2D eigenvalue weighted by Crippen LogP contribution is -2.43. The second-order valence-electron chi connectivity index (χ2n) is 30.0. The van der Waals surface area contributed by atoms with Crippen molar-refractivity contribution in [1.29, 1.82) is 0 Å². The summed E-state index contributed by atoms with van der Waals surface area (Å²) in [7, 11) is 2.14. The minimum atomic E-state index is -4.62. The summed E-state index contributed by atoms with van der Waals surface area (Å²) in [5.74, 6) is 20.9. The van der Waals surface area contributed by atoms with Crippen LogP contribution in [0.15, 0.2) is 239 Å². The number of primary amides is 1.